The zero-order chi connectivity index (χ0) is 12.2. The van der Waals surface area contributed by atoms with Crippen LogP contribution >= 0.6 is 11.8 Å². The van der Waals surface area contributed by atoms with Crippen molar-refractivity contribution < 1.29 is 0 Å². The average molecular weight is 262 g/mol. The van der Waals surface area contributed by atoms with E-state index in [1.54, 1.807) is 11.8 Å². The minimum absolute atomic E-state index is 0.699. The molecule has 0 aliphatic carbocycles. The molecule has 5 heteroatoms. The monoisotopic (exact) mass is 262 g/mol. The van der Waals surface area contributed by atoms with Crippen LogP contribution in [-0.4, -0.2) is 32.9 Å². The van der Waals surface area contributed by atoms with Gasteiger partial charge >= 0.3 is 0 Å². The first-order chi connectivity index (χ1) is 8.93. The van der Waals surface area contributed by atoms with Crippen molar-refractivity contribution in [3.8, 4) is 0 Å². The van der Waals surface area contributed by atoms with Crippen LogP contribution in [0.3, 0.4) is 0 Å². The lowest BCUT2D eigenvalue weighted by atomic mass is 10.0. The largest absolute Gasteiger partial charge is 0.314 e. The van der Waals surface area contributed by atoms with Gasteiger partial charge in [-0.05, 0) is 37.9 Å². The van der Waals surface area contributed by atoms with Gasteiger partial charge in [0.2, 0.25) is 0 Å². The molecule has 0 spiro atoms. The van der Waals surface area contributed by atoms with E-state index in [1.165, 1.54) is 32.2 Å². The van der Waals surface area contributed by atoms with E-state index in [0.29, 0.717) is 6.04 Å². The number of aromatic nitrogens is 3. The van der Waals surface area contributed by atoms with E-state index in [4.69, 9.17) is 0 Å². The number of pyridine rings is 1. The molecule has 1 atom stereocenters. The van der Waals surface area contributed by atoms with Crippen LogP contribution in [-0.2, 0) is 0 Å². The summed E-state index contributed by atoms with van der Waals surface area (Å²) in [6.45, 7) is 1.18. The maximum Gasteiger partial charge on any atom is 0.195 e. The third-order valence-electron chi connectivity index (χ3n) is 3.39. The number of nitrogens with zero attached hydrogens (tertiary/aromatic N) is 3. The van der Waals surface area contributed by atoms with Gasteiger partial charge in [-0.25, -0.2) is 0 Å². The fourth-order valence-corrected chi connectivity index (χ4v) is 3.36. The quantitative estimate of drug-likeness (QED) is 0.859. The van der Waals surface area contributed by atoms with E-state index >= 15 is 0 Å². The molecule has 1 aliphatic rings. The van der Waals surface area contributed by atoms with Gasteiger partial charge in [0.15, 0.2) is 10.8 Å². The molecule has 0 bridgehead atoms. The first kappa shape index (κ1) is 12.0. The zero-order valence-electron chi connectivity index (χ0n) is 10.4. The van der Waals surface area contributed by atoms with Crippen LogP contribution in [0.25, 0.3) is 5.65 Å². The van der Waals surface area contributed by atoms with Crippen molar-refractivity contribution in [3.63, 3.8) is 0 Å². The fourth-order valence-electron chi connectivity index (χ4n) is 2.38. The molecule has 1 saturated heterocycles. The van der Waals surface area contributed by atoms with Crippen LogP contribution in [0.4, 0.5) is 0 Å². The summed E-state index contributed by atoms with van der Waals surface area (Å²) in [6, 6.07) is 6.69. The molecular formula is C13H18N4S. The van der Waals surface area contributed by atoms with Crippen molar-refractivity contribution in [2.24, 2.45) is 0 Å². The summed E-state index contributed by atoms with van der Waals surface area (Å²) in [5, 5.41) is 13.0. The Labute approximate surface area is 111 Å². The van der Waals surface area contributed by atoms with E-state index in [1.807, 2.05) is 24.4 Å². The zero-order valence-corrected chi connectivity index (χ0v) is 11.2. The summed E-state index contributed by atoms with van der Waals surface area (Å²) in [4.78, 5) is 0. The lowest BCUT2D eigenvalue weighted by Gasteiger charge is -2.22. The molecule has 1 N–H and O–H groups in total. The molecular weight excluding hydrogens is 244 g/mol. The topological polar surface area (TPSA) is 42.2 Å². The minimum atomic E-state index is 0.699. The Morgan fingerprint density at radius 2 is 2.33 bits per heavy atom. The standard InChI is InChI=1S/C13H18N4S/c1-3-8-14-11(5-1)7-10-18-13-16-15-12-6-2-4-9-17(12)13/h2,4,6,9,11,14H,1,3,5,7-8,10H2. The summed E-state index contributed by atoms with van der Waals surface area (Å²) < 4.78 is 2.05. The van der Waals surface area contributed by atoms with Gasteiger partial charge in [-0.2, -0.15) is 0 Å². The third-order valence-corrected chi connectivity index (χ3v) is 4.37. The van der Waals surface area contributed by atoms with Crippen LogP contribution in [0, 0.1) is 0 Å². The normalized spacial score (nSPS) is 20.3. The molecule has 2 aromatic rings. The Morgan fingerprint density at radius 1 is 1.33 bits per heavy atom. The molecule has 3 heterocycles. The molecule has 0 amide bonds. The van der Waals surface area contributed by atoms with Crippen LogP contribution in [0.5, 0.6) is 0 Å². The van der Waals surface area contributed by atoms with Crippen LogP contribution in [0.2, 0.25) is 0 Å². The van der Waals surface area contributed by atoms with Crippen molar-refractivity contribution >= 4 is 17.4 Å². The second kappa shape index (κ2) is 5.71. The highest BCUT2D eigenvalue weighted by Gasteiger charge is 2.13. The number of piperidine rings is 1. The number of rotatable bonds is 4. The lowest BCUT2D eigenvalue weighted by Crippen LogP contribution is -2.34. The van der Waals surface area contributed by atoms with Gasteiger partial charge < -0.3 is 5.32 Å². The molecule has 1 aliphatic heterocycles. The molecule has 18 heavy (non-hydrogen) atoms. The Kier molecular flexibility index (Phi) is 3.81. The first-order valence-corrected chi connectivity index (χ1v) is 7.58. The molecule has 0 radical (unpaired) electrons. The first-order valence-electron chi connectivity index (χ1n) is 6.59. The van der Waals surface area contributed by atoms with Crippen LogP contribution in [0.1, 0.15) is 25.7 Å². The van der Waals surface area contributed by atoms with E-state index < -0.39 is 0 Å². The smallest absolute Gasteiger partial charge is 0.195 e. The van der Waals surface area contributed by atoms with Gasteiger partial charge in [-0.15, -0.1) is 10.2 Å². The van der Waals surface area contributed by atoms with Gasteiger partial charge in [-0.3, -0.25) is 4.40 Å². The SMILES string of the molecule is c1ccn2c(SCCC3CCCCN3)nnc2c1. The Bertz CT molecular complexity index is 504. The van der Waals surface area contributed by atoms with Crippen molar-refractivity contribution in [2.45, 2.75) is 36.9 Å². The second-order valence-corrected chi connectivity index (χ2v) is 5.76. The minimum Gasteiger partial charge on any atom is -0.314 e. The number of thioether (sulfide) groups is 1. The third kappa shape index (κ3) is 2.67. The number of nitrogens with one attached hydrogen (secondary N) is 1. The van der Waals surface area contributed by atoms with Gasteiger partial charge in [0, 0.05) is 18.0 Å². The lowest BCUT2D eigenvalue weighted by molar-refractivity contribution is 0.394. The van der Waals surface area contributed by atoms with Crippen molar-refractivity contribution in [3.05, 3.63) is 24.4 Å². The molecule has 96 valence electrons. The van der Waals surface area contributed by atoms with E-state index in [-0.39, 0.29) is 0 Å². The van der Waals surface area contributed by atoms with Crippen molar-refractivity contribution in [1.29, 1.82) is 0 Å². The van der Waals surface area contributed by atoms with E-state index in [9.17, 15) is 0 Å². The summed E-state index contributed by atoms with van der Waals surface area (Å²) in [6.07, 6.45) is 7.26. The summed E-state index contributed by atoms with van der Waals surface area (Å²) in [5.41, 5.74) is 0.927. The van der Waals surface area contributed by atoms with Gasteiger partial charge in [0.1, 0.15) is 0 Å². The highest BCUT2D eigenvalue weighted by molar-refractivity contribution is 7.99. The highest BCUT2D eigenvalue weighted by atomic mass is 32.2. The van der Waals surface area contributed by atoms with Crippen molar-refractivity contribution in [1.82, 2.24) is 19.9 Å². The highest BCUT2D eigenvalue weighted by Crippen LogP contribution is 2.20. The predicted octanol–water partition coefficient (Wildman–Crippen LogP) is 2.35. The maximum atomic E-state index is 4.23. The molecule has 0 aromatic carbocycles. The fraction of sp³-hybridized carbons (Fsp3) is 0.538. The van der Waals surface area contributed by atoms with Crippen LogP contribution in [0.15, 0.2) is 29.6 Å². The van der Waals surface area contributed by atoms with E-state index in [0.717, 1.165) is 16.6 Å². The Balaban J connectivity index is 1.56. The van der Waals surface area contributed by atoms with Gasteiger partial charge in [0.05, 0.1) is 0 Å². The van der Waals surface area contributed by atoms with E-state index in [2.05, 4.69) is 19.9 Å². The Hall–Kier alpha value is -1.07. The average Bonchev–Trinajstić information content (AvgIpc) is 2.84. The second-order valence-electron chi connectivity index (χ2n) is 4.70. The van der Waals surface area contributed by atoms with Crippen molar-refractivity contribution in [2.75, 3.05) is 12.3 Å². The Morgan fingerprint density at radius 3 is 3.22 bits per heavy atom. The summed E-state index contributed by atoms with van der Waals surface area (Å²) in [7, 11) is 0. The molecule has 0 saturated carbocycles. The number of fused-ring (bicyclic) bond motifs is 1. The predicted molar refractivity (Wildman–Crippen MR) is 74.0 cm³/mol. The van der Waals surface area contributed by atoms with Crippen LogP contribution < -0.4 is 5.32 Å². The number of hydrogen-bond acceptors (Lipinski definition) is 4. The number of hydrogen-bond donors (Lipinski definition) is 1. The maximum absolute atomic E-state index is 4.23. The summed E-state index contributed by atoms with van der Waals surface area (Å²) >= 11 is 1.80. The van der Waals surface area contributed by atoms with Gasteiger partial charge in [0.25, 0.3) is 0 Å². The molecule has 4 nitrogen and oxygen atoms in total. The molecule has 3 rings (SSSR count). The van der Waals surface area contributed by atoms with Gasteiger partial charge in [-0.1, -0.05) is 24.2 Å². The molecule has 1 unspecified atom stereocenters. The molecule has 1 fully saturated rings. The molecule has 2 aromatic heterocycles. The summed E-state index contributed by atoms with van der Waals surface area (Å²) in [5.74, 6) is 1.10.